The molecule has 0 atom stereocenters. The fourth-order valence-corrected chi connectivity index (χ4v) is 1.92. The van der Waals surface area contributed by atoms with E-state index in [1.54, 1.807) is 19.2 Å². The Morgan fingerprint density at radius 1 is 1.04 bits per heavy atom. The highest BCUT2D eigenvalue weighted by Gasteiger charge is 2.12. The molecular weight excluding hydrogens is 292 g/mol. The number of ether oxygens (including phenoxy) is 1. The molecule has 0 heterocycles. The number of nitrogens with zero attached hydrogens (tertiary/aromatic N) is 1. The van der Waals surface area contributed by atoms with Crippen molar-refractivity contribution in [2.24, 2.45) is 0 Å². The number of amides is 2. The standard InChI is InChI=1S/C18H20N2O3/c1-14-8-10-16(11-9-14)23-13-17(21)19-12-18(22)20(2)15-6-4-3-5-7-15/h3-11H,12-13H2,1-2H3,(H,19,21). The third-order valence-electron chi connectivity index (χ3n) is 3.35. The monoisotopic (exact) mass is 312 g/mol. The van der Waals surface area contributed by atoms with Gasteiger partial charge in [0.1, 0.15) is 5.75 Å². The van der Waals surface area contributed by atoms with Gasteiger partial charge in [0.2, 0.25) is 5.91 Å². The molecule has 0 unspecified atom stereocenters. The molecule has 0 fully saturated rings. The van der Waals surface area contributed by atoms with E-state index in [2.05, 4.69) is 5.32 Å². The first kappa shape index (κ1) is 16.5. The molecule has 0 bridgehead atoms. The van der Waals surface area contributed by atoms with E-state index in [9.17, 15) is 9.59 Å². The zero-order valence-corrected chi connectivity index (χ0v) is 13.3. The summed E-state index contributed by atoms with van der Waals surface area (Å²) in [6.07, 6.45) is 0. The predicted molar refractivity (Wildman–Crippen MR) is 89.5 cm³/mol. The quantitative estimate of drug-likeness (QED) is 0.889. The first-order valence-electron chi connectivity index (χ1n) is 7.34. The van der Waals surface area contributed by atoms with Crippen LogP contribution in [-0.2, 0) is 9.59 Å². The summed E-state index contributed by atoms with van der Waals surface area (Å²) in [4.78, 5) is 25.3. The van der Waals surface area contributed by atoms with Crippen LogP contribution < -0.4 is 15.0 Å². The molecule has 0 aliphatic rings. The number of aryl methyl sites for hydroxylation is 1. The lowest BCUT2D eigenvalue weighted by atomic mass is 10.2. The fraction of sp³-hybridized carbons (Fsp3) is 0.222. The van der Waals surface area contributed by atoms with Crippen molar-refractivity contribution in [1.82, 2.24) is 5.32 Å². The lowest BCUT2D eigenvalue weighted by molar-refractivity contribution is -0.126. The highest BCUT2D eigenvalue weighted by Crippen LogP contribution is 2.11. The molecule has 0 aromatic heterocycles. The first-order valence-corrected chi connectivity index (χ1v) is 7.34. The minimum Gasteiger partial charge on any atom is -0.484 e. The van der Waals surface area contributed by atoms with Gasteiger partial charge in [0.05, 0.1) is 6.54 Å². The van der Waals surface area contributed by atoms with Crippen LogP contribution in [0.3, 0.4) is 0 Å². The number of carbonyl (C=O) groups excluding carboxylic acids is 2. The first-order chi connectivity index (χ1) is 11.1. The molecule has 5 heteroatoms. The summed E-state index contributed by atoms with van der Waals surface area (Å²) in [7, 11) is 1.67. The van der Waals surface area contributed by atoms with Crippen molar-refractivity contribution in [2.45, 2.75) is 6.92 Å². The van der Waals surface area contributed by atoms with E-state index in [-0.39, 0.29) is 25.0 Å². The van der Waals surface area contributed by atoms with Gasteiger partial charge >= 0.3 is 0 Å². The van der Waals surface area contributed by atoms with Gasteiger partial charge in [-0.25, -0.2) is 0 Å². The molecule has 0 saturated heterocycles. The number of hydrogen-bond donors (Lipinski definition) is 1. The van der Waals surface area contributed by atoms with E-state index in [0.29, 0.717) is 5.75 Å². The third kappa shape index (κ3) is 5.14. The summed E-state index contributed by atoms with van der Waals surface area (Å²) in [5.41, 5.74) is 1.90. The van der Waals surface area contributed by atoms with Gasteiger partial charge in [0.25, 0.3) is 5.91 Å². The van der Waals surface area contributed by atoms with Crippen LogP contribution in [0, 0.1) is 6.92 Å². The van der Waals surface area contributed by atoms with Crippen molar-refractivity contribution in [3.63, 3.8) is 0 Å². The van der Waals surface area contributed by atoms with Crippen molar-refractivity contribution in [3.8, 4) is 5.75 Å². The average molecular weight is 312 g/mol. The van der Waals surface area contributed by atoms with Gasteiger partial charge in [0.15, 0.2) is 6.61 Å². The third-order valence-corrected chi connectivity index (χ3v) is 3.35. The Balaban J connectivity index is 1.75. The number of rotatable bonds is 6. The van der Waals surface area contributed by atoms with E-state index in [1.807, 2.05) is 49.4 Å². The van der Waals surface area contributed by atoms with Crippen LogP contribution in [0.15, 0.2) is 54.6 Å². The molecule has 0 radical (unpaired) electrons. The summed E-state index contributed by atoms with van der Waals surface area (Å²) >= 11 is 0. The molecule has 2 amide bonds. The number of likely N-dealkylation sites (N-methyl/N-ethyl adjacent to an activating group) is 1. The van der Waals surface area contributed by atoms with Crippen molar-refractivity contribution in [1.29, 1.82) is 0 Å². The lowest BCUT2D eigenvalue weighted by Gasteiger charge is -2.17. The van der Waals surface area contributed by atoms with Crippen LogP contribution in [0.5, 0.6) is 5.75 Å². The van der Waals surface area contributed by atoms with Crippen molar-refractivity contribution in [2.75, 3.05) is 25.1 Å². The van der Waals surface area contributed by atoms with Crippen LogP contribution in [0.25, 0.3) is 0 Å². The van der Waals surface area contributed by atoms with Crippen LogP contribution in [0.1, 0.15) is 5.56 Å². The predicted octanol–water partition coefficient (Wildman–Crippen LogP) is 2.15. The second-order valence-corrected chi connectivity index (χ2v) is 5.17. The normalized spacial score (nSPS) is 10.0. The maximum Gasteiger partial charge on any atom is 0.258 e. The van der Waals surface area contributed by atoms with Crippen LogP contribution in [0.2, 0.25) is 0 Å². The number of nitrogens with one attached hydrogen (secondary N) is 1. The minimum atomic E-state index is -0.333. The molecular formula is C18H20N2O3. The summed E-state index contributed by atoms with van der Waals surface area (Å²) in [6, 6.07) is 16.7. The number of benzene rings is 2. The zero-order chi connectivity index (χ0) is 16.7. The maximum absolute atomic E-state index is 12.0. The molecule has 2 aromatic rings. The number of hydrogen-bond acceptors (Lipinski definition) is 3. The number of anilines is 1. The van der Waals surface area contributed by atoms with Gasteiger partial charge in [-0.05, 0) is 31.2 Å². The Bertz CT molecular complexity index is 654. The highest BCUT2D eigenvalue weighted by atomic mass is 16.5. The van der Waals surface area contributed by atoms with Crippen molar-refractivity contribution in [3.05, 3.63) is 60.2 Å². The van der Waals surface area contributed by atoms with Crippen LogP contribution >= 0.6 is 0 Å². The van der Waals surface area contributed by atoms with Crippen molar-refractivity contribution >= 4 is 17.5 Å². The summed E-state index contributed by atoms with van der Waals surface area (Å²) in [6.45, 7) is 1.79. The minimum absolute atomic E-state index is 0.0680. The molecule has 5 nitrogen and oxygen atoms in total. The Morgan fingerprint density at radius 3 is 2.35 bits per heavy atom. The summed E-state index contributed by atoms with van der Waals surface area (Å²) < 4.78 is 5.36. The highest BCUT2D eigenvalue weighted by molar-refractivity contribution is 5.96. The SMILES string of the molecule is Cc1ccc(OCC(=O)NCC(=O)N(C)c2ccccc2)cc1. The number of para-hydroxylation sites is 1. The maximum atomic E-state index is 12.0. The smallest absolute Gasteiger partial charge is 0.258 e. The zero-order valence-electron chi connectivity index (χ0n) is 13.3. The van der Waals surface area contributed by atoms with E-state index in [4.69, 9.17) is 4.74 Å². The van der Waals surface area contributed by atoms with Gasteiger partial charge in [-0.3, -0.25) is 9.59 Å². The summed E-state index contributed by atoms with van der Waals surface area (Å²) in [5.74, 6) is 0.0961. The van der Waals surface area contributed by atoms with Gasteiger partial charge in [-0.2, -0.15) is 0 Å². The molecule has 0 saturated carbocycles. The second kappa shape index (κ2) is 7.98. The Kier molecular flexibility index (Phi) is 5.74. The van der Waals surface area contributed by atoms with E-state index < -0.39 is 0 Å². The largest absolute Gasteiger partial charge is 0.484 e. The lowest BCUT2D eigenvalue weighted by Crippen LogP contribution is -2.39. The van der Waals surface area contributed by atoms with Gasteiger partial charge in [-0.15, -0.1) is 0 Å². The van der Waals surface area contributed by atoms with Crippen LogP contribution in [0.4, 0.5) is 5.69 Å². The van der Waals surface area contributed by atoms with Gasteiger partial charge in [-0.1, -0.05) is 35.9 Å². The molecule has 1 N–H and O–H groups in total. The Hall–Kier alpha value is -2.82. The molecule has 0 spiro atoms. The van der Waals surface area contributed by atoms with E-state index in [0.717, 1.165) is 11.3 Å². The fourth-order valence-electron chi connectivity index (χ4n) is 1.92. The molecule has 2 aromatic carbocycles. The summed E-state index contributed by atoms with van der Waals surface area (Å²) in [5, 5.41) is 2.56. The second-order valence-electron chi connectivity index (χ2n) is 5.17. The molecule has 120 valence electrons. The Labute approximate surface area is 135 Å². The molecule has 0 aliphatic carbocycles. The van der Waals surface area contributed by atoms with E-state index in [1.165, 1.54) is 4.90 Å². The van der Waals surface area contributed by atoms with E-state index >= 15 is 0 Å². The molecule has 0 aliphatic heterocycles. The topological polar surface area (TPSA) is 58.6 Å². The molecule has 23 heavy (non-hydrogen) atoms. The van der Waals surface area contributed by atoms with Crippen LogP contribution in [-0.4, -0.2) is 32.0 Å². The number of carbonyl (C=O) groups is 2. The molecule has 2 rings (SSSR count). The van der Waals surface area contributed by atoms with Crippen molar-refractivity contribution < 1.29 is 14.3 Å². The van der Waals surface area contributed by atoms with Gasteiger partial charge in [0, 0.05) is 12.7 Å². The van der Waals surface area contributed by atoms with Gasteiger partial charge < -0.3 is 15.0 Å². The Morgan fingerprint density at radius 2 is 1.70 bits per heavy atom. The average Bonchev–Trinajstić information content (AvgIpc) is 2.59.